The summed E-state index contributed by atoms with van der Waals surface area (Å²) in [5, 5.41) is 87.7. The molecule has 1 amide bonds. The second kappa shape index (κ2) is 68.9. The molecule has 0 aromatic carbocycles. The molecule has 101 heavy (non-hydrogen) atoms. The Morgan fingerprint density at radius 2 is 0.693 bits per heavy atom. The van der Waals surface area contributed by atoms with Gasteiger partial charge in [-0.3, -0.25) is 4.79 Å². The van der Waals surface area contributed by atoms with Crippen LogP contribution in [0.25, 0.3) is 0 Å². The van der Waals surface area contributed by atoms with Crippen molar-refractivity contribution in [3.63, 3.8) is 0 Å². The standard InChI is InChI=1S/C87H147NO13/c1-3-5-7-9-11-13-15-17-19-21-23-25-27-29-31-33-35-37-38-39-41-43-45-47-49-51-53-55-57-59-61-63-65-67-69-71-79(92)88-75(74-98-86-84(97)82(95)85(78(73-90)100-86)101-87-83(96)81(94)80(93)77(72-89)99-87)76(91)70-68-66-64-62-60-58-56-54-52-50-48-46-44-42-40-36-34-32-30-28-26-24-22-20-18-16-14-12-10-8-6-4-2/h5,7,11,13,17,19,23,25,29,31,35,37,39,41,45,47,51-54,60,62,68,70,75-78,80-87,89-91,93-97H,3-4,6,8-10,12,14-16,18,20-22,24,26-28,30,32-34,36,38,40,42-44,46,48-50,55-59,61,63-67,69,71-74H2,1-2H3,(H,88,92)/b7-5-,13-11-,19-17-,25-23-,31-29-,37-35-,41-39-,47-45-,53-51-,54-52+,62-60+,70-68+. The van der Waals surface area contributed by atoms with E-state index in [0.29, 0.717) is 12.8 Å². The molecule has 2 aliphatic heterocycles. The highest BCUT2D eigenvalue weighted by atomic mass is 16.7. The summed E-state index contributed by atoms with van der Waals surface area (Å²) in [6.45, 7) is 2.67. The van der Waals surface area contributed by atoms with Crippen LogP contribution in [0.1, 0.15) is 303 Å². The maximum Gasteiger partial charge on any atom is 0.220 e. The predicted octanol–water partition coefficient (Wildman–Crippen LogP) is 18.7. The molecule has 578 valence electrons. The van der Waals surface area contributed by atoms with Crippen LogP contribution in [0, 0.1) is 0 Å². The maximum atomic E-state index is 13.4. The molecule has 2 aliphatic rings. The first kappa shape index (κ1) is 93.0. The number of nitrogens with one attached hydrogen (secondary N) is 1. The zero-order valence-electron chi connectivity index (χ0n) is 63.3. The van der Waals surface area contributed by atoms with Gasteiger partial charge < -0.3 is 65.1 Å². The van der Waals surface area contributed by atoms with Gasteiger partial charge in [-0.25, -0.2) is 0 Å². The molecular formula is C87H147NO13. The smallest absolute Gasteiger partial charge is 0.220 e. The summed E-state index contributed by atoms with van der Waals surface area (Å²) in [7, 11) is 0. The fourth-order valence-corrected chi connectivity index (χ4v) is 12.4. The number of aliphatic hydroxyl groups excluding tert-OH is 8. The summed E-state index contributed by atoms with van der Waals surface area (Å²) in [4.78, 5) is 13.4. The van der Waals surface area contributed by atoms with Crippen molar-refractivity contribution < 1.29 is 64.6 Å². The predicted molar refractivity (Wildman–Crippen MR) is 419 cm³/mol. The molecule has 2 saturated heterocycles. The van der Waals surface area contributed by atoms with Crippen LogP contribution in [-0.4, -0.2) is 140 Å². The number of carbonyl (C=O) groups is 1. The second-order valence-corrected chi connectivity index (χ2v) is 27.8. The first-order chi connectivity index (χ1) is 49.6. The van der Waals surface area contributed by atoms with Crippen molar-refractivity contribution in [1.82, 2.24) is 5.32 Å². The molecule has 14 nitrogen and oxygen atoms in total. The minimum absolute atomic E-state index is 0.247. The molecule has 2 fully saturated rings. The van der Waals surface area contributed by atoms with Gasteiger partial charge in [-0.1, -0.05) is 327 Å². The van der Waals surface area contributed by atoms with Crippen LogP contribution in [0.4, 0.5) is 0 Å². The second-order valence-electron chi connectivity index (χ2n) is 27.8. The third-order valence-electron chi connectivity index (χ3n) is 18.7. The van der Waals surface area contributed by atoms with Gasteiger partial charge >= 0.3 is 0 Å². The van der Waals surface area contributed by atoms with Crippen LogP contribution in [0.2, 0.25) is 0 Å². The van der Waals surface area contributed by atoms with Gasteiger partial charge in [0.1, 0.15) is 48.8 Å². The molecule has 0 aromatic rings. The number of ether oxygens (including phenoxy) is 4. The van der Waals surface area contributed by atoms with Crippen molar-refractivity contribution in [3.05, 3.63) is 146 Å². The first-order valence-electron chi connectivity index (χ1n) is 40.6. The van der Waals surface area contributed by atoms with Gasteiger partial charge in [-0.15, -0.1) is 0 Å². The Morgan fingerprint density at radius 1 is 0.366 bits per heavy atom. The van der Waals surface area contributed by atoms with Crippen molar-refractivity contribution >= 4 is 5.91 Å². The van der Waals surface area contributed by atoms with Gasteiger partial charge in [0.15, 0.2) is 12.6 Å². The highest BCUT2D eigenvalue weighted by molar-refractivity contribution is 5.76. The highest BCUT2D eigenvalue weighted by Gasteiger charge is 2.51. The Balaban J connectivity index is 1.67. The van der Waals surface area contributed by atoms with Gasteiger partial charge in [-0.05, 0) is 116 Å². The molecule has 0 spiro atoms. The van der Waals surface area contributed by atoms with E-state index in [9.17, 15) is 45.6 Å². The molecule has 9 N–H and O–H groups in total. The maximum absolute atomic E-state index is 13.4. The van der Waals surface area contributed by atoms with Crippen LogP contribution < -0.4 is 5.32 Å². The molecule has 14 heteroatoms. The van der Waals surface area contributed by atoms with E-state index in [-0.39, 0.29) is 18.9 Å². The average Bonchev–Trinajstić information content (AvgIpc) is 0.791. The summed E-state index contributed by atoms with van der Waals surface area (Å²) in [5.41, 5.74) is 0. The van der Waals surface area contributed by atoms with E-state index in [1.54, 1.807) is 6.08 Å². The lowest BCUT2D eigenvalue weighted by Crippen LogP contribution is -2.65. The van der Waals surface area contributed by atoms with E-state index in [1.165, 1.54) is 141 Å². The molecule has 0 aromatic heterocycles. The molecule has 12 unspecified atom stereocenters. The zero-order chi connectivity index (χ0) is 73.0. The molecule has 2 rings (SSSR count). The van der Waals surface area contributed by atoms with Crippen molar-refractivity contribution in [2.75, 3.05) is 19.8 Å². The van der Waals surface area contributed by atoms with Crippen LogP contribution >= 0.6 is 0 Å². The lowest BCUT2D eigenvalue weighted by Gasteiger charge is -2.46. The number of hydrogen-bond acceptors (Lipinski definition) is 13. The number of hydrogen-bond donors (Lipinski definition) is 9. The van der Waals surface area contributed by atoms with E-state index < -0.39 is 86.8 Å². The highest BCUT2D eigenvalue weighted by Crippen LogP contribution is 2.30. The van der Waals surface area contributed by atoms with Crippen molar-refractivity contribution in [2.45, 2.75) is 376 Å². The third kappa shape index (κ3) is 51.7. The van der Waals surface area contributed by atoms with Crippen molar-refractivity contribution in [3.8, 4) is 0 Å². The summed E-state index contributed by atoms with van der Waals surface area (Å²) >= 11 is 0. The Labute approximate surface area is 614 Å². The topological polar surface area (TPSA) is 228 Å². The van der Waals surface area contributed by atoms with Gasteiger partial charge in [0, 0.05) is 6.42 Å². The summed E-state index contributed by atoms with van der Waals surface area (Å²) in [6, 6.07) is -0.958. The minimum atomic E-state index is -1.80. The monoisotopic (exact) mass is 1410 g/mol. The normalized spacial score (nSPS) is 22.6. The van der Waals surface area contributed by atoms with Gasteiger partial charge in [-0.2, -0.15) is 0 Å². The van der Waals surface area contributed by atoms with Gasteiger partial charge in [0.2, 0.25) is 5.91 Å². The molecule has 0 aliphatic carbocycles. The molecule has 0 radical (unpaired) electrons. The van der Waals surface area contributed by atoms with E-state index in [0.717, 1.165) is 128 Å². The SMILES string of the molecule is CC/C=C\C/C=C\C/C=C\C/C=C\C/C=C\C/C=C\C/C=C\C/C=C\C/C=C\CCCCCCCCCC(=O)NC(COC1OC(CO)C(OC2OC(CO)C(O)C(O)C2O)C(O)C1O)C(O)/C=C/CC/C=C/CC/C=C/CCCCCCCCCCCCCCCCCCCCCCCC. The summed E-state index contributed by atoms with van der Waals surface area (Å²) in [6.07, 6.45) is 87.8. The van der Waals surface area contributed by atoms with Crippen molar-refractivity contribution in [1.29, 1.82) is 0 Å². The molecule has 0 saturated carbocycles. The Kier molecular flexibility index (Phi) is 63.5. The zero-order valence-corrected chi connectivity index (χ0v) is 63.3. The summed E-state index contributed by atoms with van der Waals surface area (Å²) in [5.74, 6) is -0.268. The average molecular weight is 1420 g/mol. The number of unbranched alkanes of at least 4 members (excludes halogenated alkanes) is 31. The fourth-order valence-electron chi connectivity index (χ4n) is 12.4. The first-order valence-corrected chi connectivity index (χ1v) is 40.6. The van der Waals surface area contributed by atoms with Crippen LogP contribution in [0.3, 0.4) is 0 Å². The molecule has 2 heterocycles. The molecule has 12 atom stereocenters. The van der Waals surface area contributed by atoms with Gasteiger partial charge in [0.25, 0.3) is 0 Å². The Morgan fingerprint density at radius 3 is 1.09 bits per heavy atom. The molecule has 0 bridgehead atoms. The number of rotatable bonds is 66. The van der Waals surface area contributed by atoms with Crippen LogP contribution in [0.5, 0.6) is 0 Å². The van der Waals surface area contributed by atoms with E-state index in [2.05, 4.69) is 153 Å². The quantitative estimate of drug-likeness (QED) is 0.0204. The Hall–Kier alpha value is -4.13. The lowest BCUT2D eigenvalue weighted by atomic mass is 9.97. The van der Waals surface area contributed by atoms with Crippen LogP contribution in [0.15, 0.2) is 146 Å². The lowest BCUT2D eigenvalue weighted by molar-refractivity contribution is -0.359. The van der Waals surface area contributed by atoms with Crippen molar-refractivity contribution in [2.24, 2.45) is 0 Å². The largest absolute Gasteiger partial charge is 0.394 e. The molecular weight excluding hydrogens is 1270 g/mol. The number of allylic oxidation sites excluding steroid dienone is 23. The fraction of sp³-hybridized carbons (Fsp3) is 0.713. The number of carbonyl (C=O) groups excluding carboxylic acids is 1. The number of amides is 1. The third-order valence-corrected chi connectivity index (χ3v) is 18.7. The van der Waals surface area contributed by atoms with Gasteiger partial charge in [0.05, 0.1) is 32.0 Å². The number of aliphatic hydroxyl groups is 8. The minimum Gasteiger partial charge on any atom is -0.394 e. The Bertz CT molecular complexity index is 2260. The van der Waals surface area contributed by atoms with E-state index >= 15 is 0 Å². The van der Waals surface area contributed by atoms with E-state index in [1.807, 2.05) is 6.08 Å². The van der Waals surface area contributed by atoms with E-state index in [4.69, 9.17) is 18.9 Å². The summed E-state index contributed by atoms with van der Waals surface area (Å²) < 4.78 is 22.9. The van der Waals surface area contributed by atoms with Crippen LogP contribution in [-0.2, 0) is 23.7 Å².